The second-order valence-electron chi connectivity index (χ2n) is 7.65. The molecule has 3 heterocycles. The first-order valence-corrected chi connectivity index (χ1v) is 10.0. The number of rotatable bonds is 5. The second-order valence-corrected chi connectivity index (χ2v) is 7.65. The minimum absolute atomic E-state index is 0.0679. The van der Waals surface area contributed by atoms with E-state index in [2.05, 4.69) is 25.4 Å². The van der Waals surface area contributed by atoms with Gasteiger partial charge >= 0.3 is 0 Å². The van der Waals surface area contributed by atoms with Crippen molar-refractivity contribution in [2.24, 2.45) is 0 Å². The Labute approximate surface area is 174 Å². The Balaban J connectivity index is 1.62. The molecule has 0 bridgehead atoms. The van der Waals surface area contributed by atoms with Gasteiger partial charge in [0.15, 0.2) is 5.82 Å². The summed E-state index contributed by atoms with van der Waals surface area (Å²) in [6, 6.07) is 8.92. The van der Waals surface area contributed by atoms with Crippen molar-refractivity contribution in [1.29, 1.82) is 0 Å². The zero-order valence-corrected chi connectivity index (χ0v) is 17.3. The Bertz CT molecular complexity index is 1100. The van der Waals surface area contributed by atoms with E-state index in [1.165, 1.54) is 0 Å². The van der Waals surface area contributed by atoms with Gasteiger partial charge in [0.05, 0.1) is 24.1 Å². The highest BCUT2D eigenvalue weighted by Gasteiger charge is 2.24. The minimum atomic E-state index is -0.250. The Morgan fingerprint density at radius 3 is 2.80 bits per heavy atom. The summed E-state index contributed by atoms with van der Waals surface area (Å²) in [6.07, 6.45) is 3.52. The molecule has 1 aliphatic heterocycles. The number of methoxy groups -OCH3 is 1. The average Bonchev–Trinajstić information content (AvgIpc) is 3.28. The predicted molar refractivity (Wildman–Crippen MR) is 114 cm³/mol. The summed E-state index contributed by atoms with van der Waals surface area (Å²) >= 11 is 0. The number of aryl methyl sites for hydroxylation is 1. The van der Waals surface area contributed by atoms with Gasteiger partial charge in [-0.15, -0.1) is 0 Å². The number of aromatic nitrogens is 3. The molecule has 156 valence electrons. The Morgan fingerprint density at radius 1 is 1.20 bits per heavy atom. The maximum atomic E-state index is 12.7. The number of nitrogens with zero attached hydrogens (tertiary/aromatic N) is 2. The molecule has 0 unspecified atom stereocenters. The molecule has 0 atom stereocenters. The Morgan fingerprint density at radius 2 is 2.03 bits per heavy atom. The lowest BCUT2D eigenvalue weighted by atomic mass is 10.1. The van der Waals surface area contributed by atoms with Gasteiger partial charge < -0.3 is 19.9 Å². The molecule has 0 spiro atoms. The molecule has 2 aromatic heterocycles. The lowest BCUT2D eigenvalue weighted by molar-refractivity contribution is 0.0942. The van der Waals surface area contributed by atoms with E-state index in [0.717, 1.165) is 36.3 Å². The summed E-state index contributed by atoms with van der Waals surface area (Å²) in [5, 5.41) is 13.2. The SMILES string of the molecule is COc1cccc(C(=O)Nc2n[nH]c3c2CCCn2cc(C(=O)NC(C)C)cc2-3)c1. The number of fused-ring (bicyclic) bond motifs is 3. The first kappa shape index (κ1) is 19.8. The summed E-state index contributed by atoms with van der Waals surface area (Å²) in [6.45, 7) is 4.66. The molecule has 1 aliphatic rings. The van der Waals surface area contributed by atoms with Gasteiger partial charge in [-0.25, -0.2) is 0 Å². The number of benzene rings is 1. The van der Waals surface area contributed by atoms with Gasteiger partial charge in [0.1, 0.15) is 5.75 Å². The molecule has 0 radical (unpaired) electrons. The summed E-state index contributed by atoms with van der Waals surface area (Å²) in [5.41, 5.74) is 3.78. The molecule has 1 aromatic carbocycles. The maximum absolute atomic E-state index is 12.7. The number of anilines is 1. The van der Waals surface area contributed by atoms with Crippen molar-refractivity contribution in [3.63, 3.8) is 0 Å². The first-order chi connectivity index (χ1) is 14.5. The average molecular weight is 407 g/mol. The summed E-state index contributed by atoms with van der Waals surface area (Å²) < 4.78 is 7.26. The summed E-state index contributed by atoms with van der Waals surface area (Å²) in [7, 11) is 1.56. The number of aromatic amines is 1. The lowest BCUT2D eigenvalue weighted by Crippen LogP contribution is -2.29. The zero-order chi connectivity index (χ0) is 21.3. The highest BCUT2D eigenvalue weighted by atomic mass is 16.5. The number of hydrogen-bond donors (Lipinski definition) is 3. The van der Waals surface area contributed by atoms with Gasteiger partial charge in [-0.1, -0.05) is 6.07 Å². The molecular formula is C22H25N5O3. The molecule has 0 fully saturated rings. The molecule has 0 aliphatic carbocycles. The van der Waals surface area contributed by atoms with Gasteiger partial charge in [-0.05, 0) is 51.0 Å². The van der Waals surface area contributed by atoms with E-state index in [1.807, 2.05) is 26.1 Å². The minimum Gasteiger partial charge on any atom is -0.497 e. The van der Waals surface area contributed by atoms with Crippen LogP contribution in [0.15, 0.2) is 36.5 Å². The zero-order valence-electron chi connectivity index (χ0n) is 17.3. The van der Waals surface area contributed by atoms with E-state index in [4.69, 9.17) is 4.74 Å². The van der Waals surface area contributed by atoms with Gasteiger partial charge in [0.25, 0.3) is 11.8 Å². The van der Waals surface area contributed by atoms with Gasteiger partial charge in [-0.3, -0.25) is 14.7 Å². The molecule has 8 heteroatoms. The fourth-order valence-corrected chi connectivity index (χ4v) is 3.67. The van der Waals surface area contributed by atoms with Crippen molar-refractivity contribution in [3.8, 4) is 17.1 Å². The number of carbonyl (C=O) groups excluding carboxylic acids is 2. The van der Waals surface area contributed by atoms with E-state index in [-0.39, 0.29) is 17.9 Å². The topological polar surface area (TPSA) is 101 Å². The number of ether oxygens (including phenoxy) is 1. The largest absolute Gasteiger partial charge is 0.497 e. The van der Waals surface area contributed by atoms with Gasteiger partial charge in [-0.2, -0.15) is 5.10 Å². The van der Waals surface area contributed by atoms with Crippen molar-refractivity contribution in [1.82, 2.24) is 20.1 Å². The van der Waals surface area contributed by atoms with E-state index in [9.17, 15) is 9.59 Å². The third-order valence-electron chi connectivity index (χ3n) is 5.09. The van der Waals surface area contributed by atoms with E-state index < -0.39 is 0 Å². The van der Waals surface area contributed by atoms with Crippen LogP contribution in [0.4, 0.5) is 5.82 Å². The number of hydrogen-bond acceptors (Lipinski definition) is 4. The number of nitrogens with one attached hydrogen (secondary N) is 3. The van der Waals surface area contributed by atoms with Crippen LogP contribution in [0.5, 0.6) is 5.75 Å². The quantitative estimate of drug-likeness (QED) is 0.604. The molecule has 3 N–H and O–H groups in total. The second kappa shape index (κ2) is 8.06. The van der Waals surface area contributed by atoms with E-state index >= 15 is 0 Å². The molecular weight excluding hydrogens is 382 g/mol. The van der Waals surface area contributed by atoms with Crippen molar-refractivity contribution in [2.75, 3.05) is 12.4 Å². The number of H-pyrrole nitrogens is 1. The smallest absolute Gasteiger partial charge is 0.257 e. The molecule has 0 saturated carbocycles. The molecule has 4 rings (SSSR count). The van der Waals surface area contributed by atoms with Crippen LogP contribution in [0.3, 0.4) is 0 Å². The third-order valence-corrected chi connectivity index (χ3v) is 5.09. The fraction of sp³-hybridized carbons (Fsp3) is 0.318. The van der Waals surface area contributed by atoms with Crippen molar-refractivity contribution in [3.05, 3.63) is 53.2 Å². The third kappa shape index (κ3) is 3.80. The predicted octanol–water partition coefficient (Wildman–Crippen LogP) is 3.22. The van der Waals surface area contributed by atoms with Crippen molar-refractivity contribution < 1.29 is 14.3 Å². The van der Waals surface area contributed by atoms with Crippen LogP contribution in [0, 0.1) is 0 Å². The van der Waals surface area contributed by atoms with Crippen molar-refractivity contribution >= 4 is 17.6 Å². The van der Waals surface area contributed by atoms with Gasteiger partial charge in [0, 0.05) is 29.9 Å². The lowest BCUT2D eigenvalue weighted by Gasteiger charge is -2.07. The highest BCUT2D eigenvalue weighted by Crippen LogP contribution is 2.33. The molecule has 0 saturated heterocycles. The first-order valence-electron chi connectivity index (χ1n) is 10.0. The molecule has 8 nitrogen and oxygen atoms in total. The Kier molecular flexibility index (Phi) is 5.31. The van der Waals surface area contributed by atoms with Gasteiger partial charge in [0.2, 0.25) is 0 Å². The van der Waals surface area contributed by atoms with Crippen molar-refractivity contribution in [2.45, 2.75) is 39.3 Å². The number of carbonyl (C=O) groups is 2. The highest BCUT2D eigenvalue weighted by molar-refractivity contribution is 6.04. The number of amides is 2. The van der Waals surface area contributed by atoms with Crippen LogP contribution in [-0.4, -0.2) is 39.7 Å². The molecule has 2 amide bonds. The molecule has 3 aromatic rings. The van der Waals surface area contributed by atoms with Crippen LogP contribution in [0.25, 0.3) is 11.4 Å². The summed E-state index contributed by atoms with van der Waals surface area (Å²) in [4.78, 5) is 25.1. The monoisotopic (exact) mass is 407 g/mol. The molecule has 30 heavy (non-hydrogen) atoms. The van der Waals surface area contributed by atoms with Crippen LogP contribution in [0.1, 0.15) is 46.5 Å². The normalized spacial score (nSPS) is 12.7. The fourth-order valence-electron chi connectivity index (χ4n) is 3.67. The van der Waals surface area contributed by atoms with Crippen LogP contribution >= 0.6 is 0 Å². The van der Waals surface area contributed by atoms with Crippen LogP contribution < -0.4 is 15.4 Å². The standard InChI is InChI=1S/C22H25N5O3/c1-13(2)23-22(29)15-11-18-19-17(8-5-9-27(18)12-15)20(26-25-19)24-21(28)14-6-4-7-16(10-14)30-3/h4,6-7,10-13H,5,8-9H2,1-3H3,(H,23,29)(H2,24,25,26,28). The Hall–Kier alpha value is -3.55. The van der Waals surface area contributed by atoms with E-state index in [1.54, 1.807) is 31.4 Å². The van der Waals surface area contributed by atoms with E-state index in [0.29, 0.717) is 22.7 Å². The maximum Gasteiger partial charge on any atom is 0.257 e. The van der Waals surface area contributed by atoms with Crippen LogP contribution in [0.2, 0.25) is 0 Å². The summed E-state index contributed by atoms with van der Waals surface area (Å²) in [5.74, 6) is 0.784. The van der Waals surface area contributed by atoms with Crippen LogP contribution in [-0.2, 0) is 13.0 Å².